The van der Waals surface area contributed by atoms with Crippen molar-refractivity contribution in [2.75, 3.05) is 13.1 Å². The van der Waals surface area contributed by atoms with Crippen molar-refractivity contribution in [3.05, 3.63) is 12.2 Å². The maximum Gasteiger partial charge on any atom is 0.234 e. The molecule has 1 aliphatic rings. The third-order valence-electron chi connectivity index (χ3n) is 9.78. The minimum atomic E-state index is 0.645. The van der Waals surface area contributed by atoms with Crippen molar-refractivity contribution in [3.8, 4) is 0 Å². The van der Waals surface area contributed by atoms with Gasteiger partial charge in [-0.2, -0.15) is 0 Å². The van der Waals surface area contributed by atoms with E-state index in [1.807, 2.05) is 0 Å². The first-order valence-electron chi connectivity index (χ1n) is 18.5. The molecule has 1 aliphatic carbocycles. The van der Waals surface area contributed by atoms with Crippen molar-refractivity contribution in [1.29, 1.82) is 0 Å². The van der Waals surface area contributed by atoms with E-state index < -0.39 is 0 Å². The summed E-state index contributed by atoms with van der Waals surface area (Å²) < 4.78 is 0. The molecule has 1 rings (SSSR count). The summed E-state index contributed by atoms with van der Waals surface area (Å²) in [5.74, 6) is 3.31. The second-order valence-corrected chi connectivity index (χ2v) is 13.2. The smallest absolute Gasteiger partial charge is 0.211 e. The molecule has 4 nitrogen and oxygen atoms in total. The van der Waals surface area contributed by atoms with Crippen LogP contribution in [0.1, 0.15) is 181 Å². The Morgan fingerprint density at radius 2 is 0.738 bits per heavy atom. The zero-order chi connectivity index (χ0) is 30.4. The summed E-state index contributed by atoms with van der Waals surface area (Å²) in [5.41, 5.74) is 0. The van der Waals surface area contributed by atoms with E-state index in [9.17, 15) is 9.59 Å². The molecular formula is C38H68N2O2. The first-order valence-corrected chi connectivity index (χ1v) is 18.5. The number of aliphatic imine (C=N–C) groups is 2. The topological polar surface area (TPSA) is 58.9 Å². The average molecular weight is 585 g/mol. The minimum absolute atomic E-state index is 0.645. The van der Waals surface area contributed by atoms with E-state index >= 15 is 0 Å². The van der Waals surface area contributed by atoms with Crippen molar-refractivity contribution >= 4 is 12.2 Å². The van der Waals surface area contributed by atoms with Crippen LogP contribution < -0.4 is 0 Å². The summed E-state index contributed by atoms with van der Waals surface area (Å²) in [7, 11) is 0. The summed E-state index contributed by atoms with van der Waals surface area (Å²) in [5, 5.41) is 0. The standard InChI is InChI=1S/C38H68N2O2/c1-3-5-7-9-15-21-27-37-35(25-19-8-6-4-2)29-30-36(26-20-14-10-12-17-23-31-39-33-41)38(37)28-22-16-11-13-18-24-32-40-34-42/h29-30,35-38H,3-28,31-32H2,1-2H3. The van der Waals surface area contributed by atoms with E-state index in [0.29, 0.717) is 13.1 Å². The maximum absolute atomic E-state index is 10.3. The lowest BCUT2D eigenvalue weighted by molar-refractivity contribution is 0.145. The normalized spacial score (nSPS) is 19.9. The molecule has 0 N–H and O–H groups in total. The Labute approximate surface area is 261 Å². The molecule has 42 heavy (non-hydrogen) atoms. The molecule has 0 radical (unpaired) electrons. The van der Waals surface area contributed by atoms with Gasteiger partial charge in [0.2, 0.25) is 12.2 Å². The van der Waals surface area contributed by atoms with E-state index in [0.717, 1.165) is 36.5 Å². The van der Waals surface area contributed by atoms with E-state index in [1.54, 1.807) is 12.2 Å². The van der Waals surface area contributed by atoms with Crippen LogP contribution in [0.25, 0.3) is 0 Å². The number of nitrogens with zero attached hydrogens (tertiary/aromatic N) is 2. The highest BCUT2D eigenvalue weighted by atomic mass is 16.1. The molecule has 0 amide bonds. The molecule has 0 aromatic rings. The number of carbonyl (C=O) groups excluding carboxylic acids is 2. The van der Waals surface area contributed by atoms with E-state index in [1.165, 1.54) is 154 Å². The van der Waals surface area contributed by atoms with Crippen molar-refractivity contribution in [1.82, 2.24) is 0 Å². The second-order valence-electron chi connectivity index (χ2n) is 13.2. The van der Waals surface area contributed by atoms with Gasteiger partial charge in [0, 0.05) is 0 Å². The van der Waals surface area contributed by atoms with Crippen LogP contribution in [0.3, 0.4) is 0 Å². The van der Waals surface area contributed by atoms with Crippen LogP contribution in [0.4, 0.5) is 0 Å². The minimum Gasteiger partial charge on any atom is -0.211 e. The third-order valence-corrected chi connectivity index (χ3v) is 9.78. The Morgan fingerprint density at radius 1 is 0.429 bits per heavy atom. The monoisotopic (exact) mass is 585 g/mol. The lowest BCUT2D eigenvalue weighted by Crippen LogP contribution is -2.32. The zero-order valence-corrected chi connectivity index (χ0v) is 28.0. The summed E-state index contributed by atoms with van der Waals surface area (Å²) in [6.07, 6.45) is 43.2. The first kappa shape index (κ1) is 38.5. The number of unbranched alkanes of at least 4 members (excludes halogenated alkanes) is 18. The number of hydrogen-bond acceptors (Lipinski definition) is 4. The van der Waals surface area contributed by atoms with Crippen LogP contribution in [0.5, 0.6) is 0 Å². The maximum atomic E-state index is 10.3. The second kappa shape index (κ2) is 29.6. The Morgan fingerprint density at radius 3 is 1.12 bits per heavy atom. The van der Waals surface area contributed by atoms with Crippen molar-refractivity contribution < 1.29 is 9.59 Å². The highest BCUT2D eigenvalue weighted by Crippen LogP contribution is 2.44. The molecule has 0 spiro atoms. The van der Waals surface area contributed by atoms with Gasteiger partial charge in [-0.15, -0.1) is 0 Å². The molecule has 4 atom stereocenters. The summed E-state index contributed by atoms with van der Waals surface area (Å²) in [4.78, 5) is 27.9. The van der Waals surface area contributed by atoms with Crippen molar-refractivity contribution in [2.45, 2.75) is 181 Å². The van der Waals surface area contributed by atoms with Gasteiger partial charge in [-0.25, -0.2) is 19.6 Å². The van der Waals surface area contributed by atoms with Gasteiger partial charge in [0.05, 0.1) is 13.1 Å². The predicted molar refractivity (Wildman–Crippen MR) is 180 cm³/mol. The van der Waals surface area contributed by atoms with Gasteiger partial charge < -0.3 is 0 Å². The first-order chi connectivity index (χ1) is 20.8. The van der Waals surface area contributed by atoms with Crippen LogP contribution in [-0.4, -0.2) is 25.2 Å². The Hall–Kier alpha value is -1.50. The quantitative estimate of drug-likeness (QED) is 0.0365. The zero-order valence-electron chi connectivity index (χ0n) is 28.0. The molecule has 0 heterocycles. The van der Waals surface area contributed by atoms with Gasteiger partial charge in [-0.1, -0.05) is 154 Å². The van der Waals surface area contributed by atoms with Gasteiger partial charge >= 0.3 is 0 Å². The lowest BCUT2D eigenvalue weighted by atomic mass is 9.64. The fraction of sp³-hybridized carbons (Fsp3) is 0.895. The molecular weight excluding hydrogens is 516 g/mol. The number of allylic oxidation sites excluding steroid dienone is 2. The third kappa shape index (κ3) is 20.4. The number of hydrogen-bond donors (Lipinski definition) is 0. The largest absolute Gasteiger partial charge is 0.234 e. The highest BCUT2D eigenvalue weighted by molar-refractivity contribution is 5.32. The molecule has 242 valence electrons. The molecule has 0 saturated carbocycles. The van der Waals surface area contributed by atoms with Crippen molar-refractivity contribution in [3.63, 3.8) is 0 Å². The van der Waals surface area contributed by atoms with Gasteiger partial charge in [-0.05, 0) is 62.2 Å². The number of rotatable bonds is 30. The van der Waals surface area contributed by atoms with Crippen LogP contribution >= 0.6 is 0 Å². The fourth-order valence-electron chi connectivity index (χ4n) is 7.30. The Balaban J connectivity index is 2.71. The molecule has 0 aliphatic heterocycles. The molecule has 0 aromatic heterocycles. The van der Waals surface area contributed by atoms with Crippen LogP contribution in [-0.2, 0) is 9.59 Å². The molecule has 4 unspecified atom stereocenters. The van der Waals surface area contributed by atoms with Gasteiger partial charge in [0.1, 0.15) is 0 Å². The molecule has 4 heteroatoms. The van der Waals surface area contributed by atoms with Crippen LogP contribution in [0.15, 0.2) is 22.1 Å². The van der Waals surface area contributed by atoms with E-state index in [4.69, 9.17) is 0 Å². The summed E-state index contributed by atoms with van der Waals surface area (Å²) in [6, 6.07) is 0. The molecule has 0 aromatic carbocycles. The lowest BCUT2D eigenvalue weighted by Gasteiger charge is -2.41. The number of isocyanates is 2. The van der Waals surface area contributed by atoms with Crippen molar-refractivity contribution in [2.24, 2.45) is 33.7 Å². The molecule has 0 saturated heterocycles. The SMILES string of the molecule is CCCCCCCCC1C(CCCCCC)C=CC(CCCCCCCCN=C=O)C1CCCCCCCCN=C=O. The predicted octanol–water partition coefficient (Wildman–Crippen LogP) is 11.9. The van der Waals surface area contributed by atoms with Gasteiger partial charge in [0.15, 0.2) is 0 Å². The average Bonchev–Trinajstić information content (AvgIpc) is 3.00. The Kier molecular flexibility index (Phi) is 27.1. The van der Waals surface area contributed by atoms with Crippen LogP contribution in [0.2, 0.25) is 0 Å². The van der Waals surface area contributed by atoms with Gasteiger partial charge in [0.25, 0.3) is 0 Å². The van der Waals surface area contributed by atoms with E-state index in [-0.39, 0.29) is 0 Å². The molecule has 0 fully saturated rings. The van der Waals surface area contributed by atoms with Crippen LogP contribution in [0, 0.1) is 23.7 Å². The fourth-order valence-corrected chi connectivity index (χ4v) is 7.30. The van der Waals surface area contributed by atoms with Gasteiger partial charge in [-0.3, -0.25) is 0 Å². The van der Waals surface area contributed by atoms with E-state index in [2.05, 4.69) is 36.0 Å². The Bertz CT molecular complexity index is 723. The summed E-state index contributed by atoms with van der Waals surface area (Å²) >= 11 is 0. The summed E-state index contributed by atoms with van der Waals surface area (Å²) in [6.45, 7) is 5.93. The highest BCUT2D eigenvalue weighted by Gasteiger charge is 2.34. The molecule has 0 bridgehead atoms.